The fraction of sp³-hybridized carbons (Fsp3) is 0.286. The van der Waals surface area contributed by atoms with Crippen LogP contribution in [0.4, 0.5) is 5.69 Å². The van der Waals surface area contributed by atoms with Crippen molar-refractivity contribution in [1.82, 2.24) is 9.97 Å². The van der Waals surface area contributed by atoms with Crippen molar-refractivity contribution >= 4 is 29.1 Å². The average Bonchev–Trinajstić information content (AvgIpc) is 2.38. The standard InChI is InChI=1S/C14H16ClN3OS/c1-2-4-9-7-13(19)18-14(17-9)20-8-10-11(15)5-3-6-12(10)16/h3,5-7H,2,4,8,16H2,1H3,(H,17,18,19). The SMILES string of the molecule is CCCc1cc(=O)[nH]c(SCc2c(N)cccc2Cl)n1. The zero-order chi connectivity index (χ0) is 14.5. The topological polar surface area (TPSA) is 71.8 Å². The van der Waals surface area contributed by atoms with Gasteiger partial charge in [0.15, 0.2) is 5.16 Å². The molecule has 0 spiro atoms. The molecule has 3 N–H and O–H groups in total. The molecule has 2 rings (SSSR count). The lowest BCUT2D eigenvalue weighted by atomic mass is 10.2. The molecule has 2 aromatic rings. The summed E-state index contributed by atoms with van der Waals surface area (Å²) < 4.78 is 0. The van der Waals surface area contributed by atoms with Gasteiger partial charge in [-0.1, -0.05) is 42.8 Å². The van der Waals surface area contributed by atoms with Crippen LogP contribution in [-0.4, -0.2) is 9.97 Å². The number of nitrogens with one attached hydrogen (secondary N) is 1. The monoisotopic (exact) mass is 309 g/mol. The highest BCUT2D eigenvalue weighted by atomic mass is 35.5. The number of halogens is 1. The minimum absolute atomic E-state index is 0.127. The number of thioether (sulfide) groups is 1. The third-order valence-electron chi connectivity index (χ3n) is 2.79. The summed E-state index contributed by atoms with van der Waals surface area (Å²) in [6.45, 7) is 2.06. The quantitative estimate of drug-likeness (QED) is 0.505. The Kier molecular flexibility index (Phi) is 5.09. The second kappa shape index (κ2) is 6.81. The Labute approximate surface area is 126 Å². The second-order valence-electron chi connectivity index (χ2n) is 4.39. The number of nitrogens with two attached hydrogens (primary N) is 1. The molecule has 1 aromatic carbocycles. The Morgan fingerprint density at radius 3 is 2.95 bits per heavy atom. The summed E-state index contributed by atoms with van der Waals surface area (Å²) in [4.78, 5) is 18.7. The Morgan fingerprint density at radius 1 is 1.45 bits per heavy atom. The molecular formula is C14H16ClN3OS. The summed E-state index contributed by atoms with van der Waals surface area (Å²) in [5.41, 5.74) is 8.10. The number of aromatic amines is 1. The van der Waals surface area contributed by atoms with Crippen LogP contribution in [0.25, 0.3) is 0 Å². The first-order valence-electron chi connectivity index (χ1n) is 6.36. The molecule has 0 aliphatic carbocycles. The summed E-state index contributed by atoms with van der Waals surface area (Å²) in [5.74, 6) is 0.573. The number of aromatic nitrogens is 2. The molecule has 0 fully saturated rings. The maximum absolute atomic E-state index is 11.6. The smallest absolute Gasteiger partial charge is 0.251 e. The van der Waals surface area contributed by atoms with Crippen LogP contribution < -0.4 is 11.3 Å². The first-order chi connectivity index (χ1) is 9.60. The van der Waals surface area contributed by atoms with Crippen LogP contribution in [-0.2, 0) is 12.2 Å². The van der Waals surface area contributed by atoms with Gasteiger partial charge in [0.05, 0.1) is 0 Å². The summed E-state index contributed by atoms with van der Waals surface area (Å²) in [6.07, 6.45) is 1.75. The number of nitrogens with zero attached hydrogens (tertiary/aromatic N) is 1. The maximum Gasteiger partial charge on any atom is 0.251 e. The number of aryl methyl sites for hydroxylation is 1. The summed E-state index contributed by atoms with van der Waals surface area (Å²) in [6, 6.07) is 6.97. The Morgan fingerprint density at radius 2 is 2.25 bits per heavy atom. The van der Waals surface area contributed by atoms with Crippen molar-refractivity contribution in [3.63, 3.8) is 0 Å². The van der Waals surface area contributed by atoms with Gasteiger partial charge in [0.25, 0.3) is 5.56 Å². The van der Waals surface area contributed by atoms with E-state index in [1.807, 2.05) is 12.1 Å². The van der Waals surface area contributed by atoms with E-state index < -0.39 is 0 Å². The Balaban J connectivity index is 2.16. The molecular weight excluding hydrogens is 294 g/mol. The van der Waals surface area contributed by atoms with E-state index in [1.54, 1.807) is 6.07 Å². The molecule has 1 heterocycles. The van der Waals surface area contributed by atoms with Crippen molar-refractivity contribution < 1.29 is 0 Å². The summed E-state index contributed by atoms with van der Waals surface area (Å²) in [7, 11) is 0. The number of H-pyrrole nitrogens is 1. The van der Waals surface area contributed by atoms with E-state index in [0.717, 1.165) is 24.1 Å². The lowest BCUT2D eigenvalue weighted by molar-refractivity contribution is 0.816. The van der Waals surface area contributed by atoms with E-state index in [1.165, 1.54) is 17.8 Å². The van der Waals surface area contributed by atoms with Gasteiger partial charge in [0.1, 0.15) is 0 Å². The highest BCUT2D eigenvalue weighted by Gasteiger charge is 2.07. The highest BCUT2D eigenvalue weighted by Crippen LogP contribution is 2.28. The predicted octanol–water partition coefficient (Wildman–Crippen LogP) is 3.25. The van der Waals surface area contributed by atoms with E-state index in [0.29, 0.717) is 21.6 Å². The third-order valence-corrected chi connectivity index (χ3v) is 4.04. The first kappa shape index (κ1) is 14.9. The number of rotatable bonds is 5. The molecule has 0 aliphatic rings. The predicted molar refractivity (Wildman–Crippen MR) is 84.3 cm³/mol. The van der Waals surface area contributed by atoms with Gasteiger partial charge >= 0.3 is 0 Å². The van der Waals surface area contributed by atoms with Crippen LogP contribution in [0, 0.1) is 0 Å². The zero-order valence-corrected chi connectivity index (χ0v) is 12.7. The van der Waals surface area contributed by atoms with Gasteiger partial charge in [-0.05, 0) is 18.6 Å². The van der Waals surface area contributed by atoms with Crippen LogP contribution >= 0.6 is 23.4 Å². The van der Waals surface area contributed by atoms with Gasteiger partial charge in [-0.25, -0.2) is 4.98 Å². The number of anilines is 1. The molecule has 0 bridgehead atoms. The van der Waals surface area contributed by atoms with Crippen molar-refractivity contribution in [3.8, 4) is 0 Å². The van der Waals surface area contributed by atoms with Crippen LogP contribution in [0.1, 0.15) is 24.6 Å². The molecule has 0 saturated carbocycles. The Hall–Kier alpha value is -1.46. The largest absolute Gasteiger partial charge is 0.398 e. The van der Waals surface area contributed by atoms with Crippen molar-refractivity contribution in [2.75, 3.05) is 5.73 Å². The second-order valence-corrected chi connectivity index (χ2v) is 5.76. The van der Waals surface area contributed by atoms with E-state index >= 15 is 0 Å². The van der Waals surface area contributed by atoms with Gasteiger partial charge in [-0.15, -0.1) is 0 Å². The third kappa shape index (κ3) is 3.77. The molecule has 1 aromatic heterocycles. The average molecular weight is 310 g/mol. The van der Waals surface area contributed by atoms with Gasteiger partial charge in [0, 0.05) is 33.8 Å². The lowest BCUT2D eigenvalue weighted by Crippen LogP contribution is -2.10. The van der Waals surface area contributed by atoms with E-state index in [9.17, 15) is 4.79 Å². The van der Waals surface area contributed by atoms with Crippen molar-refractivity contribution in [2.45, 2.75) is 30.7 Å². The van der Waals surface area contributed by atoms with Gasteiger partial charge < -0.3 is 10.7 Å². The molecule has 20 heavy (non-hydrogen) atoms. The first-order valence-corrected chi connectivity index (χ1v) is 7.72. The minimum atomic E-state index is -0.127. The molecule has 0 aliphatic heterocycles. The molecule has 0 unspecified atom stereocenters. The van der Waals surface area contributed by atoms with Gasteiger partial charge in [-0.3, -0.25) is 4.79 Å². The molecule has 4 nitrogen and oxygen atoms in total. The molecule has 0 saturated heterocycles. The minimum Gasteiger partial charge on any atom is -0.398 e. The fourth-order valence-electron chi connectivity index (χ4n) is 1.80. The number of hydrogen-bond donors (Lipinski definition) is 2. The highest BCUT2D eigenvalue weighted by molar-refractivity contribution is 7.98. The Bertz CT molecular complexity index is 637. The van der Waals surface area contributed by atoms with Crippen LogP contribution in [0.5, 0.6) is 0 Å². The lowest BCUT2D eigenvalue weighted by Gasteiger charge is -2.07. The van der Waals surface area contributed by atoms with E-state index in [4.69, 9.17) is 17.3 Å². The van der Waals surface area contributed by atoms with Crippen molar-refractivity contribution in [1.29, 1.82) is 0 Å². The fourth-order valence-corrected chi connectivity index (χ4v) is 3.09. The van der Waals surface area contributed by atoms with Gasteiger partial charge in [0.2, 0.25) is 0 Å². The van der Waals surface area contributed by atoms with Crippen LogP contribution in [0.15, 0.2) is 34.2 Å². The van der Waals surface area contributed by atoms with Crippen LogP contribution in [0.2, 0.25) is 5.02 Å². The maximum atomic E-state index is 11.6. The van der Waals surface area contributed by atoms with Crippen LogP contribution in [0.3, 0.4) is 0 Å². The molecule has 106 valence electrons. The van der Waals surface area contributed by atoms with E-state index in [-0.39, 0.29) is 5.56 Å². The number of hydrogen-bond acceptors (Lipinski definition) is 4. The summed E-state index contributed by atoms with van der Waals surface area (Å²) in [5, 5.41) is 1.23. The number of benzene rings is 1. The molecule has 6 heteroatoms. The molecule has 0 amide bonds. The molecule has 0 atom stereocenters. The van der Waals surface area contributed by atoms with E-state index in [2.05, 4.69) is 16.9 Å². The zero-order valence-electron chi connectivity index (χ0n) is 11.1. The molecule has 0 radical (unpaired) electrons. The van der Waals surface area contributed by atoms with Crippen molar-refractivity contribution in [3.05, 3.63) is 50.9 Å². The van der Waals surface area contributed by atoms with Gasteiger partial charge in [-0.2, -0.15) is 0 Å². The number of nitrogen functional groups attached to an aromatic ring is 1. The summed E-state index contributed by atoms with van der Waals surface area (Å²) >= 11 is 7.55. The normalized spacial score (nSPS) is 10.7. The van der Waals surface area contributed by atoms with Crippen molar-refractivity contribution in [2.24, 2.45) is 0 Å².